The zero-order valence-electron chi connectivity index (χ0n) is 22.4. The molecule has 2 N–H and O–H groups in total. The maximum absolute atomic E-state index is 14.0. The lowest BCUT2D eigenvalue weighted by atomic mass is 9.49. The van der Waals surface area contributed by atoms with Crippen LogP contribution >= 0.6 is 0 Å². The van der Waals surface area contributed by atoms with Crippen molar-refractivity contribution in [2.24, 2.45) is 34.5 Å². The van der Waals surface area contributed by atoms with E-state index in [1.54, 1.807) is 0 Å². The largest absolute Gasteiger partial charge is 0.387 e. The first kappa shape index (κ1) is 24.5. The average molecular weight is 497 g/mol. The second-order valence-corrected chi connectivity index (χ2v) is 12.5. The molecule has 0 aromatic heterocycles. The van der Waals surface area contributed by atoms with Gasteiger partial charge in [-0.05, 0) is 73.3 Å². The number of hydrogen-bond donors (Lipinski definition) is 2. The lowest BCUT2D eigenvalue weighted by Crippen LogP contribution is -2.57. The van der Waals surface area contributed by atoms with E-state index < -0.39 is 0 Å². The average Bonchev–Trinajstić information content (AvgIpc) is 3.28. The van der Waals surface area contributed by atoms with Gasteiger partial charge in [-0.2, -0.15) is 0 Å². The zero-order chi connectivity index (χ0) is 25.8. The van der Waals surface area contributed by atoms with E-state index in [9.17, 15) is 9.59 Å². The molecule has 194 valence electrons. The molecule has 1 heterocycles. The van der Waals surface area contributed by atoms with Crippen molar-refractivity contribution in [2.75, 3.05) is 6.54 Å². The molecule has 6 rings (SSSR count). The van der Waals surface area contributed by atoms with Crippen LogP contribution in [0.15, 0.2) is 71.9 Å². The van der Waals surface area contributed by atoms with Gasteiger partial charge in [0.1, 0.15) is 0 Å². The Bertz CT molecular complexity index is 1180. The Morgan fingerprint density at radius 1 is 0.919 bits per heavy atom. The smallest absolute Gasteiger partial charge is 0.224 e. The molecular formula is C33H40N2O2. The second-order valence-electron chi connectivity index (χ2n) is 12.5. The monoisotopic (exact) mass is 496 g/mol. The summed E-state index contributed by atoms with van der Waals surface area (Å²) < 4.78 is 0. The van der Waals surface area contributed by atoms with Crippen LogP contribution < -0.4 is 10.6 Å². The number of rotatable bonds is 4. The Balaban J connectivity index is 1.25. The van der Waals surface area contributed by atoms with Crippen molar-refractivity contribution in [3.63, 3.8) is 0 Å². The van der Waals surface area contributed by atoms with Gasteiger partial charge >= 0.3 is 0 Å². The van der Waals surface area contributed by atoms with Crippen molar-refractivity contribution in [3.05, 3.63) is 83.1 Å². The molecule has 0 spiro atoms. The molecule has 37 heavy (non-hydrogen) atoms. The summed E-state index contributed by atoms with van der Waals surface area (Å²) in [5.74, 6) is 2.24. The molecular weight excluding hydrogens is 456 g/mol. The van der Waals surface area contributed by atoms with Gasteiger partial charge < -0.3 is 10.6 Å². The van der Waals surface area contributed by atoms with Gasteiger partial charge in [0.05, 0.1) is 6.04 Å². The normalized spacial score (nSPS) is 34.9. The Morgan fingerprint density at radius 3 is 2.22 bits per heavy atom. The fourth-order valence-corrected chi connectivity index (χ4v) is 8.87. The molecule has 4 nitrogen and oxygen atoms in total. The predicted molar refractivity (Wildman–Crippen MR) is 146 cm³/mol. The zero-order valence-corrected chi connectivity index (χ0v) is 22.4. The molecule has 1 saturated heterocycles. The molecule has 0 bridgehead atoms. The van der Waals surface area contributed by atoms with Gasteiger partial charge in [-0.15, -0.1) is 0 Å². The van der Waals surface area contributed by atoms with Gasteiger partial charge in [-0.1, -0.05) is 74.5 Å². The quantitative estimate of drug-likeness (QED) is 0.530. The van der Waals surface area contributed by atoms with E-state index in [0.29, 0.717) is 30.0 Å². The number of fused-ring (bicyclic) bond motifs is 5. The fraction of sp³-hybridized carbons (Fsp3) is 0.515. The summed E-state index contributed by atoms with van der Waals surface area (Å²) in [6, 6.07) is 20.5. The van der Waals surface area contributed by atoms with Gasteiger partial charge in [0.15, 0.2) is 5.78 Å². The predicted octanol–water partition coefficient (Wildman–Crippen LogP) is 6.20. The number of hydrogen-bond acceptors (Lipinski definition) is 3. The number of carbonyl (C=O) groups is 2. The summed E-state index contributed by atoms with van der Waals surface area (Å²) in [7, 11) is 0. The minimum Gasteiger partial charge on any atom is -0.387 e. The highest BCUT2D eigenvalue weighted by Gasteiger charge is 2.60. The van der Waals surface area contributed by atoms with Crippen LogP contribution in [0.2, 0.25) is 0 Å². The molecule has 3 unspecified atom stereocenters. The molecule has 2 saturated carbocycles. The lowest BCUT2D eigenvalue weighted by molar-refractivity contribution is -0.133. The number of benzene rings is 2. The van der Waals surface area contributed by atoms with Crippen molar-refractivity contribution in [1.82, 2.24) is 10.6 Å². The molecule has 4 heteroatoms. The van der Waals surface area contributed by atoms with Gasteiger partial charge in [0.2, 0.25) is 5.91 Å². The van der Waals surface area contributed by atoms with Gasteiger partial charge in [0.25, 0.3) is 0 Å². The van der Waals surface area contributed by atoms with Crippen molar-refractivity contribution in [3.8, 4) is 0 Å². The SMILES string of the molecule is CC1=C2NCC3C(CC[C@@]4(C)C3CC[C@@H]4C(=O)NC(c3ccccc3)c3ccccc3)[C@@]2(C)CCC1=O. The van der Waals surface area contributed by atoms with Crippen molar-refractivity contribution in [1.29, 1.82) is 0 Å². The topological polar surface area (TPSA) is 58.2 Å². The van der Waals surface area contributed by atoms with Crippen LogP contribution in [0.4, 0.5) is 0 Å². The Hall–Kier alpha value is -2.88. The van der Waals surface area contributed by atoms with E-state index in [0.717, 1.165) is 55.3 Å². The molecule has 0 radical (unpaired) electrons. The number of piperidine rings is 1. The number of allylic oxidation sites excluding steroid dienone is 2. The molecule has 1 aliphatic heterocycles. The highest BCUT2D eigenvalue weighted by molar-refractivity contribution is 5.96. The summed E-state index contributed by atoms with van der Waals surface area (Å²) in [6.45, 7) is 7.75. The summed E-state index contributed by atoms with van der Waals surface area (Å²) in [6.07, 6.45) is 5.94. The first-order valence-corrected chi connectivity index (χ1v) is 14.2. The highest BCUT2D eigenvalue weighted by Crippen LogP contribution is 2.64. The van der Waals surface area contributed by atoms with Crippen molar-refractivity contribution >= 4 is 11.7 Å². The van der Waals surface area contributed by atoms with E-state index in [-0.39, 0.29) is 28.7 Å². The molecule has 3 aliphatic carbocycles. The van der Waals surface area contributed by atoms with E-state index >= 15 is 0 Å². The maximum Gasteiger partial charge on any atom is 0.224 e. The Kier molecular flexibility index (Phi) is 6.05. The van der Waals surface area contributed by atoms with Gasteiger partial charge in [-0.25, -0.2) is 0 Å². The molecule has 4 aliphatic rings. The van der Waals surface area contributed by atoms with E-state index in [4.69, 9.17) is 0 Å². The van der Waals surface area contributed by atoms with Crippen LogP contribution in [0.1, 0.15) is 76.5 Å². The van der Waals surface area contributed by atoms with Crippen LogP contribution in [0.25, 0.3) is 0 Å². The van der Waals surface area contributed by atoms with Crippen LogP contribution in [-0.4, -0.2) is 18.2 Å². The van der Waals surface area contributed by atoms with Crippen LogP contribution in [-0.2, 0) is 9.59 Å². The van der Waals surface area contributed by atoms with E-state index in [2.05, 4.69) is 48.7 Å². The summed E-state index contributed by atoms with van der Waals surface area (Å²) in [5.41, 5.74) is 4.50. The Labute approximate surface area is 221 Å². The van der Waals surface area contributed by atoms with Gasteiger partial charge in [-0.3, -0.25) is 9.59 Å². The first-order chi connectivity index (χ1) is 17.8. The Morgan fingerprint density at radius 2 is 1.57 bits per heavy atom. The summed E-state index contributed by atoms with van der Waals surface area (Å²) >= 11 is 0. The third kappa shape index (κ3) is 3.86. The standard InChI is InChI=1S/C33H40N2O2/c1-21-28(36)17-19-33(3)26-16-18-32(2)25(24(26)20-34-30(21)33)14-15-27(32)31(37)35-29(22-10-6-4-7-11-22)23-12-8-5-9-13-23/h4-13,24-27,29,34H,14-20H2,1-3H3,(H,35,37)/t24?,25?,26?,27-,32+,33-/m1/s1. The number of nitrogens with one attached hydrogen (secondary N) is 2. The number of carbonyl (C=O) groups excluding carboxylic acids is 2. The maximum atomic E-state index is 14.0. The van der Waals surface area contributed by atoms with Crippen molar-refractivity contribution in [2.45, 2.75) is 65.3 Å². The van der Waals surface area contributed by atoms with E-state index in [1.807, 2.05) is 43.3 Å². The van der Waals surface area contributed by atoms with Crippen LogP contribution in [0, 0.1) is 34.5 Å². The fourth-order valence-electron chi connectivity index (χ4n) is 8.87. The minimum absolute atomic E-state index is 0.0158. The second kappa shape index (κ2) is 9.15. The molecule has 1 amide bonds. The minimum atomic E-state index is -0.139. The van der Waals surface area contributed by atoms with Gasteiger partial charge in [0, 0.05) is 35.6 Å². The highest BCUT2D eigenvalue weighted by atomic mass is 16.2. The third-order valence-corrected chi connectivity index (χ3v) is 10.9. The third-order valence-electron chi connectivity index (χ3n) is 10.9. The molecule has 6 atom stereocenters. The lowest BCUT2D eigenvalue weighted by Gasteiger charge is -2.58. The summed E-state index contributed by atoms with van der Waals surface area (Å²) in [4.78, 5) is 26.5. The van der Waals surface area contributed by atoms with Crippen LogP contribution in [0.5, 0.6) is 0 Å². The number of amides is 1. The van der Waals surface area contributed by atoms with Crippen LogP contribution in [0.3, 0.4) is 0 Å². The molecule has 3 fully saturated rings. The van der Waals surface area contributed by atoms with Crippen molar-refractivity contribution < 1.29 is 9.59 Å². The first-order valence-electron chi connectivity index (χ1n) is 14.2. The van der Waals surface area contributed by atoms with E-state index in [1.165, 1.54) is 5.70 Å². The number of ketones is 1. The number of Topliss-reactive ketones (excluding diaryl/α,β-unsaturated/α-hetero) is 1. The summed E-state index contributed by atoms with van der Waals surface area (Å²) in [5, 5.41) is 7.23. The molecule has 2 aromatic carbocycles. The molecule has 2 aromatic rings.